The number of hydrogen-bond acceptors (Lipinski definition) is 5. The Bertz CT molecular complexity index is 442. The molecule has 0 amide bonds. The Morgan fingerprint density at radius 1 is 1.24 bits per heavy atom. The van der Waals surface area contributed by atoms with Gasteiger partial charge in [0.15, 0.2) is 0 Å². The molecular weight excluding hydrogens is 276 g/mol. The number of benzene rings is 1. The second-order valence-electron chi connectivity index (χ2n) is 5.40. The molecule has 21 heavy (non-hydrogen) atoms. The maximum atomic E-state index is 10.5. The van der Waals surface area contributed by atoms with Crippen LogP contribution in [0.2, 0.25) is 0 Å². The number of para-hydroxylation sites is 1. The van der Waals surface area contributed by atoms with Crippen molar-refractivity contribution in [1.82, 2.24) is 0 Å². The third-order valence-corrected chi connectivity index (χ3v) is 2.20. The lowest BCUT2D eigenvalue weighted by molar-refractivity contribution is -0.864. The van der Waals surface area contributed by atoms with Crippen molar-refractivity contribution in [2.75, 3.05) is 39.6 Å². The molecule has 0 aliphatic rings. The number of carboxylic acid groups (broad SMARTS) is 2. The quantitative estimate of drug-likeness (QED) is 0.580. The number of rotatable bonds is 6. The highest BCUT2D eigenvalue weighted by molar-refractivity contribution is 5.77. The van der Waals surface area contributed by atoms with Gasteiger partial charge in [-0.15, -0.1) is 0 Å². The van der Waals surface area contributed by atoms with Crippen molar-refractivity contribution in [3.8, 4) is 0 Å². The van der Waals surface area contributed by atoms with Gasteiger partial charge in [-0.2, -0.15) is 0 Å². The first-order valence-corrected chi connectivity index (χ1v) is 6.31. The van der Waals surface area contributed by atoms with Crippen molar-refractivity contribution < 1.29 is 29.4 Å². The van der Waals surface area contributed by atoms with Gasteiger partial charge in [0.1, 0.15) is 12.6 Å². The largest absolute Gasteiger partial charge is 0.544 e. The molecule has 7 heteroatoms. The van der Waals surface area contributed by atoms with Crippen LogP contribution in [0.15, 0.2) is 30.3 Å². The van der Waals surface area contributed by atoms with Crippen LogP contribution in [0.3, 0.4) is 0 Å². The molecule has 7 nitrogen and oxygen atoms in total. The molecule has 0 fully saturated rings. The number of aliphatic hydroxyl groups is 1. The molecule has 0 spiro atoms. The first-order chi connectivity index (χ1) is 9.65. The zero-order valence-electron chi connectivity index (χ0n) is 12.4. The fourth-order valence-corrected chi connectivity index (χ4v) is 1.31. The molecule has 0 saturated heterocycles. The van der Waals surface area contributed by atoms with Crippen LogP contribution in [-0.2, 0) is 9.59 Å². The summed E-state index contributed by atoms with van der Waals surface area (Å²) in [5.41, 5.74) is 0.684. The number of anilines is 1. The highest BCUT2D eigenvalue weighted by Crippen LogP contribution is 2.06. The fourth-order valence-electron chi connectivity index (χ4n) is 1.31. The van der Waals surface area contributed by atoms with Crippen molar-refractivity contribution in [3.63, 3.8) is 0 Å². The molecule has 3 N–H and O–H groups in total. The van der Waals surface area contributed by atoms with Crippen LogP contribution in [0.1, 0.15) is 0 Å². The SMILES string of the molecule is C[N+](C)(C)CC(=O)[O-].O=C(O)C(CO)Nc1ccccc1. The van der Waals surface area contributed by atoms with Gasteiger partial charge in [-0.05, 0) is 12.1 Å². The number of aliphatic carboxylic acids is 2. The van der Waals surface area contributed by atoms with Crippen LogP contribution in [0.5, 0.6) is 0 Å². The molecule has 0 bridgehead atoms. The molecule has 0 saturated carbocycles. The number of carboxylic acids is 2. The molecule has 118 valence electrons. The Morgan fingerprint density at radius 3 is 2.05 bits per heavy atom. The van der Waals surface area contributed by atoms with E-state index in [9.17, 15) is 14.7 Å². The third-order valence-electron chi connectivity index (χ3n) is 2.20. The average molecular weight is 298 g/mol. The number of quaternary nitrogens is 1. The number of hydrogen-bond donors (Lipinski definition) is 3. The van der Waals surface area contributed by atoms with E-state index in [1.165, 1.54) is 0 Å². The van der Waals surface area contributed by atoms with Crippen LogP contribution in [0, 0.1) is 0 Å². The zero-order chi connectivity index (χ0) is 16.5. The van der Waals surface area contributed by atoms with E-state index in [4.69, 9.17) is 10.2 Å². The molecule has 0 aliphatic carbocycles. The molecule has 1 rings (SSSR count). The van der Waals surface area contributed by atoms with Crippen LogP contribution < -0.4 is 10.4 Å². The Labute approximate surface area is 124 Å². The molecule has 1 unspecified atom stereocenters. The molecule has 1 aromatic carbocycles. The monoisotopic (exact) mass is 298 g/mol. The lowest BCUT2D eigenvalue weighted by atomic mass is 10.2. The van der Waals surface area contributed by atoms with Gasteiger partial charge in [-0.25, -0.2) is 4.79 Å². The van der Waals surface area contributed by atoms with Crippen molar-refractivity contribution in [2.45, 2.75) is 6.04 Å². The first-order valence-electron chi connectivity index (χ1n) is 6.31. The summed E-state index contributed by atoms with van der Waals surface area (Å²) in [4.78, 5) is 20.4. The van der Waals surface area contributed by atoms with Crippen molar-refractivity contribution in [3.05, 3.63) is 30.3 Å². The molecule has 0 heterocycles. The Kier molecular flexibility index (Phi) is 8.03. The van der Waals surface area contributed by atoms with E-state index < -0.39 is 24.6 Å². The van der Waals surface area contributed by atoms with Gasteiger partial charge in [0.05, 0.1) is 33.7 Å². The van der Waals surface area contributed by atoms with E-state index in [2.05, 4.69) is 5.32 Å². The lowest BCUT2D eigenvalue weighted by Crippen LogP contribution is -2.45. The number of likely N-dealkylation sites (N-methyl/N-ethyl adjacent to an activating group) is 1. The van der Waals surface area contributed by atoms with Crippen molar-refractivity contribution in [1.29, 1.82) is 0 Å². The van der Waals surface area contributed by atoms with E-state index in [-0.39, 0.29) is 6.54 Å². The van der Waals surface area contributed by atoms with Gasteiger partial charge < -0.3 is 29.9 Å². The van der Waals surface area contributed by atoms with Gasteiger partial charge in [-0.1, -0.05) is 18.2 Å². The summed E-state index contributed by atoms with van der Waals surface area (Å²) in [5.74, 6) is -2.07. The van der Waals surface area contributed by atoms with Gasteiger partial charge in [-0.3, -0.25) is 0 Å². The third kappa shape index (κ3) is 10.3. The van der Waals surface area contributed by atoms with Crippen molar-refractivity contribution in [2.24, 2.45) is 0 Å². The Morgan fingerprint density at radius 2 is 1.76 bits per heavy atom. The molecular formula is C14H22N2O5. The van der Waals surface area contributed by atoms with Gasteiger partial charge in [0.2, 0.25) is 0 Å². The number of nitrogens with zero attached hydrogens (tertiary/aromatic N) is 1. The van der Waals surface area contributed by atoms with Gasteiger partial charge in [0, 0.05) is 5.69 Å². The smallest absolute Gasteiger partial charge is 0.328 e. The second-order valence-corrected chi connectivity index (χ2v) is 5.40. The van der Waals surface area contributed by atoms with E-state index in [1.807, 2.05) is 6.07 Å². The van der Waals surface area contributed by atoms with Crippen molar-refractivity contribution >= 4 is 17.6 Å². The zero-order valence-corrected chi connectivity index (χ0v) is 12.4. The molecule has 1 aromatic rings. The van der Waals surface area contributed by atoms with E-state index in [0.29, 0.717) is 10.2 Å². The number of aliphatic hydroxyl groups excluding tert-OH is 1. The summed E-state index contributed by atoms with van der Waals surface area (Å²) in [6.45, 7) is -0.357. The summed E-state index contributed by atoms with van der Waals surface area (Å²) >= 11 is 0. The average Bonchev–Trinajstić information content (AvgIpc) is 2.34. The minimum absolute atomic E-state index is 0.0694. The fraction of sp³-hybridized carbons (Fsp3) is 0.429. The van der Waals surface area contributed by atoms with E-state index >= 15 is 0 Å². The molecule has 1 atom stereocenters. The highest BCUT2D eigenvalue weighted by atomic mass is 16.4. The topological polar surface area (TPSA) is 110 Å². The maximum Gasteiger partial charge on any atom is 0.328 e. The van der Waals surface area contributed by atoms with Crippen LogP contribution >= 0.6 is 0 Å². The van der Waals surface area contributed by atoms with Crippen LogP contribution in [-0.4, -0.2) is 67.0 Å². The van der Waals surface area contributed by atoms with E-state index in [1.54, 1.807) is 45.4 Å². The van der Waals surface area contributed by atoms with Gasteiger partial charge in [0.25, 0.3) is 0 Å². The van der Waals surface area contributed by atoms with Crippen LogP contribution in [0.25, 0.3) is 0 Å². The van der Waals surface area contributed by atoms with E-state index in [0.717, 1.165) is 0 Å². The normalized spacial score (nSPS) is 11.8. The Balaban J connectivity index is 0.000000433. The lowest BCUT2D eigenvalue weighted by Gasteiger charge is -2.23. The predicted molar refractivity (Wildman–Crippen MR) is 76.5 cm³/mol. The summed E-state index contributed by atoms with van der Waals surface area (Å²) in [7, 11) is 5.40. The first kappa shape index (κ1) is 18.9. The predicted octanol–water partition coefficient (Wildman–Crippen LogP) is -1.01. The Hall–Kier alpha value is -2.12. The van der Waals surface area contributed by atoms with Crippen LogP contribution in [0.4, 0.5) is 5.69 Å². The maximum absolute atomic E-state index is 10.5. The number of carbonyl (C=O) groups is 2. The summed E-state index contributed by atoms with van der Waals surface area (Å²) in [6, 6.07) is 7.95. The standard InChI is InChI=1S/C9H11NO3.C5H11NO2/c11-6-8(9(12)13)10-7-4-2-1-3-5-7;1-6(2,3)4-5(7)8/h1-5,8,10-11H,6H2,(H,12,13);4H2,1-3H3. The summed E-state index contributed by atoms with van der Waals surface area (Å²) in [6.07, 6.45) is 0. The highest BCUT2D eigenvalue weighted by Gasteiger charge is 2.14. The minimum Gasteiger partial charge on any atom is -0.544 e. The number of nitrogens with one attached hydrogen (secondary N) is 1. The molecule has 0 aliphatic heterocycles. The summed E-state index contributed by atoms with van der Waals surface area (Å²) in [5, 5.41) is 29.9. The second kappa shape index (κ2) is 8.93. The molecule has 0 aromatic heterocycles. The van der Waals surface area contributed by atoms with Gasteiger partial charge >= 0.3 is 5.97 Å². The number of carbonyl (C=O) groups excluding carboxylic acids is 1. The summed E-state index contributed by atoms with van der Waals surface area (Å²) < 4.78 is 0.419. The molecule has 0 radical (unpaired) electrons. The minimum atomic E-state index is -1.06.